The van der Waals surface area contributed by atoms with Crippen molar-refractivity contribution >= 4 is 27.5 Å². The highest BCUT2D eigenvalue weighted by Crippen LogP contribution is 2.30. The first-order chi connectivity index (χ1) is 12.7. The molecule has 1 amide bonds. The number of para-hydroxylation sites is 1. The SMILES string of the molecule is O=C(NCc1ccc(F)cc1)c1nccnc1-c1nc2ccccc2s1. The maximum atomic E-state index is 13.0. The van der Waals surface area contributed by atoms with Crippen LogP contribution in [-0.2, 0) is 6.54 Å². The number of aromatic nitrogens is 3. The van der Waals surface area contributed by atoms with Gasteiger partial charge in [0.15, 0.2) is 5.69 Å². The van der Waals surface area contributed by atoms with Gasteiger partial charge in [0.1, 0.15) is 16.5 Å². The molecule has 0 atom stereocenters. The third kappa shape index (κ3) is 3.29. The fourth-order valence-electron chi connectivity index (χ4n) is 2.50. The predicted octanol–water partition coefficient (Wildman–Crippen LogP) is 3.82. The molecule has 2 aromatic carbocycles. The van der Waals surface area contributed by atoms with Gasteiger partial charge in [0.25, 0.3) is 5.91 Å². The van der Waals surface area contributed by atoms with Crippen LogP contribution in [0.5, 0.6) is 0 Å². The molecular formula is C19H13FN4OS. The summed E-state index contributed by atoms with van der Waals surface area (Å²) in [5.74, 6) is -0.663. The summed E-state index contributed by atoms with van der Waals surface area (Å²) in [7, 11) is 0. The number of hydrogen-bond donors (Lipinski definition) is 1. The van der Waals surface area contributed by atoms with E-state index in [1.54, 1.807) is 12.1 Å². The van der Waals surface area contributed by atoms with Gasteiger partial charge < -0.3 is 5.32 Å². The summed E-state index contributed by atoms with van der Waals surface area (Å²) in [5.41, 5.74) is 2.32. The second kappa shape index (κ2) is 6.97. The van der Waals surface area contributed by atoms with E-state index in [1.807, 2.05) is 24.3 Å². The number of carbonyl (C=O) groups excluding carboxylic acids is 1. The number of nitrogens with zero attached hydrogens (tertiary/aromatic N) is 3. The number of rotatable bonds is 4. The number of hydrogen-bond acceptors (Lipinski definition) is 5. The van der Waals surface area contributed by atoms with Gasteiger partial charge in [0.05, 0.1) is 10.2 Å². The van der Waals surface area contributed by atoms with Crippen molar-refractivity contribution in [2.75, 3.05) is 0 Å². The third-order valence-corrected chi connectivity index (χ3v) is 4.82. The summed E-state index contributed by atoms with van der Waals surface area (Å²) in [6.45, 7) is 0.273. The molecule has 128 valence electrons. The molecule has 1 N–H and O–H groups in total. The molecule has 0 bridgehead atoms. The molecule has 4 aromatic rings. The van der Waals surface area contributed by atoms with E-state index in [4.69, 9.17) is 0 Å². The normalized spacial score (nSPS) is 10.8. The Kier molecular flexibility index (Phi) is 4.37. The van der Waals surface area contributed by atoms with E-state index in [0.29, 0.717) is 10.7 Å². The first kappa shape index (κ1) is 16.3. The lowest BCUT2D eigenvalue weighted by molar-refractivity contribution is 0.0946. The minimum Gasteiger partial charge on any atom is -0.347 e. The molecule has 2 heterocycles. The first-order valence-electron chi connectivity index (χ1n) is 7.90. The smallest absolute Gasteiger partial charge is 0.272 e. The Hall–Kier alpha value is -3.19. The highest BCUT2D eigenvalue weighted by atomic mass is 32.1. The van der Waals surface area contributed by atoms with E-state index in [2.05, 4.69) is 20.3 Å². The topological polar surface area (TPSA) is 67.8 Å². The lowest BCUT2D eigenvalue weighted by Crippen LogP contribution is -2.24. The maximum Gasteiger partial charge on any atom is 0.272 e. The molecule has 0 saturated carbocycles. The van der Waals surface area contributed by atoms with Crippen LogP contribution in [0, 0.1) is 5.82 Å². The van der Waals surface area contributed by atoms with Gasteiger partial charge in [-0.05, 0) is 29.8 Å². The van der Waals surface area contributed by atoms with Gasteiger partial charge in [-0.25, -0.2) is 19.3 Å². The molecule has 4 rings (SSSR count). The van der Waals surface area contributed by atoms with Crippen molar-refractivity contribution in [2.45, 2.75) is 6.54 Å². The van der Waals surface area contributed by atoms with Crippen molar-refractivity contribution in [1.29, 1.82) is 0 Å². The maximum absolute atomic E-state index is 13.0. The van der Waals surface area contributed by atoms with Crippen LogP contribution in [-0.4, -0.2) is 20.9 Å². The minimum absolute atomic E-state index is 0.216. The number of nitrogens with one attached hydrogen (secondary N) is 1. The van der Waals surface area contributed by atoms with Crippen LogP contribution < -0.4 is 5.32 Å². The van der Waals surface area contributed by atoms with Crippen molar-refractivity contribution in [3.63, 3.8) is 0 Å². The highest BCUT2D eigenvalue weighted by molar-refractivity contribution is 7.21. The van der Waals surface area contributed by atoms with Crippen LogP contribution in [0.3, 0.4) is 0 Å². The van der Waals surface area contributed by atoms with Crippen molar-refractivity contribution in [2.24, 2.45) is 0 Å². The molecular weight excluding hydrogens is 351 g/mol. The van der Waals surface area contributed by atoms with E-state index in [1.165, 1.54) is 35.9 Å². The van der Waals surface area contributed by atoms with Crippen molar-refractivity contribution < 1.29 is 9.18 Å². The third-order valence-electron chi connectivity index (χ3n) is 3.78. The number of fused-ring (bicyclic) bond motifs is 1. The fraction of sp³-hybridized carbons (Fsp3) is 0.0526. The van der Waals surface area contributed by atoms with E-state index in [-0.39, 0.29) is 24.0 Å². The molecule has 0 aliphatic carbocycles. The number of carbonyl (C=O) groups is 1. The van der Waals surface area contributed by atoms with Crippen LogP contribution >= 0.6 is 11.3 Å². The molecule has 5 nitrogen and oxygen atoms in total. The first-order valence-corrected chi connectivity index (χ1v) is 8.72. The van der Waals surface area contributed by atoms with Crippen LogP contribution in [0.25, 0.3) is 20.9 Å². The average Bonchev–Trinajstić information content (AvgIpc) is 3.11. The summed E-state index contributed by atoms with van der Waals surface area (Å²) < 4.78 is 14.0. The summed E-state index contributed by atoms with van der Waals surface area (Å²) in [5, 5.41) is 3.44. The van der Waals surface area contributed by atoms with Gasteiger partial charge in [-0.2, -0.15) is 0 Å². The molecule has 0 unspecified atom stereocenters. The Morgan fingerprint density at radius 2 is 1.81 bits per heavy atom. The number of thiazole rings is 1. The Balaban J connectivity index is 1.60. The standard InChI is InChI=1S/C19H13FN4OS/c20-13-7-5-12(6-8-13)11-23-18(25)16-17(22-10-9-21-16)19-24-14-3-1-2-4-15(14)26-19/h1-10H,11H2,(H,23,25). The second-order valence-electron chi connectivity index (χ2n) is 5.55. The molecule has 26 heavy (non-hydrogen) atoms. The molecule has 0 radical (unpaired) electrons. The average molecular weight is 364 g/mol. The van der Waals surface area contributed by atoms with E-state index in [9.17, 15) is 9.18 Å². The minimum atomic E-state index is -0.350. The molecule has 0 saturated heterocycles. The fourth-order valence-corrected chi connectivity index (χ4v) is 3.47. The molecule has 0 spiro atoms. The van der Waals surface area contributed by atoms with E-state index in [0.717, 1.165) is 15.8 Å². The van der Waals surface area contributed by atoms with Gasteiger partial charge >= 0.3 is 0 Å². The summed E-state index contributed by atoms with van der Waals surface area (Å²) in [4.78, 5) is 25.6. The zero-order valence-electron chi connectivity index (χ0n) is 13.5. The lowest BCUT2D eigenvalue weighted by atomic mass is 10.2. The summed E-state index contributed by atoms with van der Waals surface area (Å²) >= 11 is 1.46. The Bertz CT molecular complexity index is 1050. The van der Waals surface area contributed by atoms with Crippen molar-refractivity contribution in [3.05, 3.63) is 78.0 Å². The summed E-state index contributed by atoms with van der Waals surface area (Å²) in [6, 6.07) is 13.7. The molecule has 7 heteroatoms. The molecule has 0 aliphatic heterocycles. The van der Waals surface area contributed by atoms with Gasteiger partial charge in [0.2, 0.25) is 0 Å². The zero-order valence-corrected chi connectivity index (χ0v) is 14.3. The van der Waals surface area contributed by atoms with Crippen LogP contribution in [0.1, 0.15) is 16.1 Å². The van der Waals surface area contributed by atoms with Crippen LogP contribution in [0.4, 0.5) is 4.39 Å². The van der Waals surface area contributed by atoms with Crippen molar-refractivity contribution in [3.8, 4) is 10.7 Å². The summed E-state index contributed by atoms with van der Waals surface area (Å²) in [6.07, 6.45) is 3.02. The molecule has 0 aliphatic rings. The van der Waals surface area contributed by atoms with Crippen LogP contribution in [0.2, 0.25) is 0 Å². The Labute approximate surface area is 152 Å². The molecule has 2 aromatic heterocycles. The predicted molar refractivity (Wildman–Crippen MR) is 98.2 cm³/mol. The van der Waals surface area contributed by atoms with Gasteiger partial charge in [-0.3, -0.25) is 4.79 Å². The number of amides is 1. The Morgan fingerprint density at radius 3 is 2.62 bits per heavy atom. The largest absolute Gasteiger partial charge is 0.347 e. The van der Waals surface area contributed by atoms with Crippen molar-refractivity contribution in [1.82, 2.24) is 20.3 Å². The quantitative estimate of drug-likeness (QED) is 0.598. The van der Waals surface area contributed by atoms with Gasteiger partial charge in [-0.15, -0.1) is 11.3 Å². The van der Waals surface area contributed by atoms with Gasteiger partial charge in [0, 0.05) is 18.9 Å². The number of halogens is 1. The van der Waals surface area contributed by atoms with Crippen LogP contribution in [0.15, 0.2) is 60.9 Å². The highest BCUT2D eigenvalue weighted by Gasteiger charge is 2.18. The van der Waals surface area contributed by atoms with E-state index >= 15 is 0 Å². The Morgan fingerprint density at radius 1 is 1.04 bits per heavy atom. The number of benzene rings is 2. The van der Waals surface area contributed by atoms with Gasteiger partial charge in [-0.1, -0.05) is 24.3 Å². The second-order valence-corrected chi connectivity index (χ2v) is 6.58. The monoisotopic (exact) mass is 364 g/mol. The van der Waals surface area contributed by atoms with E-state index < -0.39 is 0 Å². The zero-order chi connectivity index (χ0) is 17.9. The lowest BCUT2D eigenvalue weighted by Gasteiger charge is -2.07. The molecule has 0 fully saturated rings.